The van der Waals surface area contributed by atoms with E-state index in [9.17, 15) is 14.0 Å². The average Bonchev–Trinajstić information content (AvgIpc) is 3.01. The smallest absolute Gasteiger partial charge is 0.253 e. The highest BCUT2D eigenvalue weighted by Gasteiger charge is 2.25. The maximum atomic E-state index is 13.6. The van der Waals surface area contributed by atoms with E-state index in [0.717, 1.165) is 6.42 Å². The maximum absolute atomic E-state index is 13.6. The molecule has 0 saturated carbocycles. The largest absolute Gasteiger partial charge is 0.348 e. The average molecular weight is 326 g/mol. The number of anilines is 1. The van der Waals surface area contributed by atoms with Gasteiger partial charge in [0, 0.05) is 19.5 Å². The summed E-state index contributed by atoms with van der Waals surface area (Å²) in [5.41, 5.74) is 2.36. The molecule has 1 N–H and O–H groups in total. The van der Waals surface area contributed by atoms with Crippen LogP contribution in [0.25, 0.3) is 0 Å². The molecule has 2 aromatic carbocycles. The van der Waals surface area contributed by atoms with Crippen molar-refractivity contribution in [3.05, 3.63) is 65.0 Å². The minimum absolute atomic E-state index is 0.0378. The molecule has 0 spiro atoms. The Morgan fingerprint density at radius 1 is 1.25 bits per heavy atom. The maximum Gasteiger partial charge on any atom is 0.253 e. The number of carbonyl (C=O) groups is 2. The van der Waals surface area contributed by atoms with Crippen molar-refractivity contribution in [2.45, 2.75) is 26.3 Å². The first-order valence-electron chi connectivity index (χ1n) is 7.99. The number of carbonyl (C=O) groups excluding carboxylic acids is 2. The van der Waals surface area contributed by atoms with Crippen LogP contribution in [0.3, 0.4) is 0 Å². The zero-order chi connectivity index (χ0) is 17.1. The molecule has 0 bridgehead atoms. The molecular weight excluding hydrogens is 307 g/mol. The Hall–Kier alpha value is -2.69. The third-order valence-corrected chi connectivity index (χ3v) is 4.20. The monoisotopic (exact) mass is 326 g/mol. The summed E-state index contributed by atoms with van der Waals surface area (Å²) in [6.45, 7) is 2.56. The molecule has 1 aliphatic heterocycles. The van der Waals surface area contributed by atoms with E-state index >= 15 is 0 Å². The summed E-state index contributed by atoms with van der Waals surface area (Å²) < 4.78 is 13.6. The summed E-state index contributed by atoms with van der Waals surface area (Å²) in [7, 11) is 0. The van der Waals surface area contributed by atoms with Crippen LogP contribution in [0.1, 0.15) is 34.3 Å². The Morgan fingerprint density at radius 2 is 2.04 bits per heavy atom. The lowest BCUT2D eigenvalue weighted by Gasteiger charge is -2.19. The number of amides is 2. The van der Waals surface area contributed by atoms with Crippen molar-refractivity contribution in [2.75, 3.05) is 11.4 Å². The third-order valence-electron chi connectivity index (χ3n) is 4.20. The fraction of sp³-hybridized carbons (Fsp3) is 0.263. The van der Waals surface area contributed by atoms with Crippen LogP contribution in [0, 0.1) is 12.7 Å². The number of para-hydroxylation sites is 1. The van der Waals surface area contributed by atoms with Crippen LogP contribution < -0.4 is 10.2 Å². The minimum atomic E-state index is -0.287. The van der Waals surface area contributed by atoms with E-state index in [1.54, 1.807) is 42.2 Å². The topological polar surface area (TPSA) is 49.4 Å². The van der Waals surface area contributed by atoms with Gasteiger partial charge < -0.3 is 10.2 Å². The number of aryl methyl sites for hydroxylation is 1. The lowest BCUT2D eigenvalue weighted by molar-refractivity contribution is -0.117. The molecule has 5 heteroatoms. The lowest BCUT2D eigenvalue weighted by Crippen LogP contribution is -2.29. The number of nitrogens with zero attached hydrogens (tertiary/aromatic N) is 1. The minimum Gasteiger partial charge on any atom is -0.348 e. The molecule has 2 amide bonds. The van der Waals surface area contributed by atoms with Gasteiger partial charge in [-0.2, -0.15) is 0 Å². The predicted molar refractivity (Wildman–Crippen MR) is 90.3 cm³/mol. The summed E-state index contributed by atoms with van der Waals surface area (Å²) in [6.07, 6.45) is 1.32. The van der Waals surface area contributed by atoms with Gasteiger partial charge in [0.15, 0.2) is 0 Å². The van der Waals surface area contributed by atoms with E-state index in [2.05, 4.69) is 5.32 Å². The van der Waals surface area contributed by atoms with E-state index in [-0.39, 0.29) is 24.2 Å². The number of hydrogen-bond acceptors (Lipinski definition) is 2. The summed E-state index contributed by atoms with van der Waals surface area (Å²) in [5, 5.41) is 2.80. The summed E-state index contributed by atoms with van der Waals surface area (Å²) >= 11 is 0. The van der Waals surface area contributed by atoms with Crippen LogP contribution in [0.5, 0.6) is 0 Å². The molecule has 1 heterocycles. The van der Waals surface area contributed by atoms with Crippen LogP contribution in [0.4, 0.5) is 10.1 Å². The van der Waals surface area contributed by atoms with Crippen LogP contribution in [-0.2, 0) is 11.3 Å². The van der Waals surface area contributed by atoms with E-state index in [1.165, 1.54) is 6.07 Å². The van der Waals surface area contributed by atoms with E-state index in [1.807, 2.05) is 6.07 Å². The van der Waals surface area contributed by atoms with E-state index in [0.29, 0.717) is 35.3 Å². The molecule has 24 heavy (non-hydrogen) atoms. The quantitative estimate of drug-likeness (QED) is 0.938. The molecule has 0 radical (unpaired) electrons. The molecule has 124 valence electrons. The summed E-state index contributed by atoms with van der Waals surface area (Å²) in [4.78, 5) is 26.1. The SMILES string of the molecule is Cc1ccc(CNC(=O)c2ccccc2N2CCCC2=O)cc1F. The van der Waals surface area contributed by atoms with Crippen molar-refractivity contribution in [1.82, 2.24) is 5.32 Å². The zero-order valence-electron chi connectivity index (χ0n) is 13.5. The van der Waals surface area contributed by atoms with Gasteiger partial charge in [-0.1, -0.05) is 24.3 Å². The highest BCUT2D eigenvalue weighted by Crippen LogP contribution is 2.25. The Kier molecular flexibility index (Phi) is 4.60. The molecular formula is C19H19FN2O2. The van der Waals surface area contributed by atoms with Gasteiger partial charge in [0.05, 0.1) is 11.3 Å². The van der Waals surface area contributed by atoms with Gasteiger partial charge >= 0.3 is 0 Å². The molecule has 0 aliphatic carbocycles. The molecule has 4 nitrogen and oxygen atoms in total. The molecule has 1 fully saturated rings. The van der Waals surface area contributed by atoms with Crippen LogP contribution in [0.2, 0.25) is 0 Å². The van der Waals surface area contributed by atoms with E-state index in [4.69, 9.17) is 0 Å². The van der Waals surface area contributed by atoms with Gasteiger partial charge in [-0.3, -0.25) is 9.59 Å². The van der Waals surface area contributed by atoms with Crippen molar-refractivity contribution in [1.29, 1.82) is 0 Å². The number of benzene rings is 2. The van der Waals surface area contributed by atoms with Crippen LogP contribution in [0.15, 0.2) is 42.5 Å². The summed E-state index contributed by atoms with van der Waals surface area (Å²) in [6, 6.07) is 12.0. The molecule has 1 saturated heterocycles. The highest BCUT2D eigenvalue weighted by molar-refractivity contribution is 6.05. The first-order valence-corrected chi connectivity index (χ1v) is 7.99. The Labute approximate surface area is 140 Å². The first-order chi connectivity index (χ1) is 11.6. The van der Waals surface area contributed by atoms with Gasteiger partial charge in [-0.05, 0) is 42.7 Å². The van der Waals surface area contributed by atoms with Gasteiger partial charge in [-0.15, -0.1) is 0 Å². The predicted octanol–water partition coefficient (Wildman–Crippen LogP) is 3.19. The molecule has 0 unspecified atom stereocenters. The Morgan fingerprint density at radius 3 is 2.75 bits per heavy atom. The zero-order valence-corrected chi connectivity index (χ0v) is 13.5. The first kappa shape index (κ1) is 16.2. The van der Waals surface area contributed by atoms with Crippen molar-refractivity contribution < 1.29 is 14.0 Å². The van der Waals surface area contributed by atoms with Crippen LogP contribution >= 0.6 is 0 Å². The van der Waals surface area contributed by atoms with Crippen molar-refractivity contribution in [3.63, 3.8) is 0 Å². The van der Waals surface area contributed by atoms with E-state index < -0.39 is 0 Å². The normalized spacial score (nSPS) is 14.1. The molecule has 0 aromatic heterocycles. The Balaban J connectivity index is 1.75. The van der Waals surface area contributed by atoms with Gasteiger partial charge in [0.2, 0.25) is 5.91 Å². The second-order valence-electron chi connectivity index (χ2n) is 5.93. The van der Waals surface area contributed by atoms with Crippen molar-refractivity contribution in [3.8, 4) is 0 Å². The van der Waals surface area contributed by atoms with Gasteiger partial charge in [0.25, 0.3) is 5.91 Å². The number of nitrogens with one attached hydrogen (secondary N) is 1. The second kappa shape index (κ2) is 6.83. The second-order valence-corrected chi connectivity index (χ2v) is 5.93. The standard InChI is InChI=1S/C19H19FN2O2/c1-13-8-9-14(11-16(13)20)12-21-19(24)15-5-2-3-6-17(15)22-10-4-7-18(22)23/h2-3,5-6,8-9,11H,4,7,10,12H2,1H3,(H,21,24). The van der Waals surface area contributed by atoms with Gasteiger partial charge in [0.1, 0.15) is 5.82 Å². The lowest BCUT2D eigenvalue weighted by atomic mass is 10.1. The molecule has 3 rings (SSSR count). The van der Waals surface area contributed by atoms with Crippen molar-refractivity contribution in [2.24, 2.45) is 0 Å². The number of hydrogen-bond donors (Lipinski definition) is 1. The molecule has 0 atom stereocenters. The third kappa shape index (κ3) is 3.30. The molecule has 1 aliphatic rings. The fourth-order valence-corrected chi connectivity index (χ4v) is 2.83. The number of halogens is 1. The molecule has 2 aromatic rings. The Bertz CT molecular complexity index is 789. The highest BCUT2D eigenvalue weighted by atomic mass is 19.1. The fourth-order valence-electron chi connectivity index (χ4n) is 2.83. The summed E-state index contributed by atoms with van der Waals surface area (Å²) in [5.74, 6) is -0.521. The number of rotatable bonds is 4. The van der Waals surface area contributed by atoms with Crippen molar-refractivity contribution >= 4 is 17.5 Å². The van der Waals surface area contributed by atoms with Gasteiger partial charge in [-0.25, -0.2) is 4.39 Å². The van der Waals surface area contributed by atoms with Crippen LogP contribution in [-0.4, -0.2) is 18.4 Å².